The summed E-state index contributed by atoms with van der Waals surface area (Å²) in [5.74, 6) is 0.853. The van der Waals surface area contributed by atoms with Gasteiger partial charge in [-0.3, -0.25) is 4.68 Å². The van der Waals surface area contributed by atoms with Crippen molar-refractivity contribution in [2.24, 2.45) is 12.0 Å². The Morgan fingerprint density at radius 3 is 2.46 bits per heavy atom. The number of benzene rings is 1. The third-order valence-electron chi connectivity index (χ3n) is 4.05. The Morgan fingerprint density at radius 2 is 1.88 bits per heavy atom. The van der Waals surface area contributed by atoms with E-state index in [4.69, 9.17) is 0 Å². The number of aliphatic imine (C=N–C) groups is 1. The maximum atomic E-state index is 4.62. The first kappa shape index (κ1) is 22.3. The van der Waals surface area contributed by atoms with Gasteiger partial charge >= 0.3 is 0 Å². The normalized spacial score (nSPS) is 11.0. The molecule has 1 heterocycles. The van der Waals surface area contributed by atoms with Crippen LogP contribution >= 0.6 is 24.0 Å². The molecule has 0 saturated carbocycles. The number of hydrogen-bond acceptors (Lipinski definition) is 3. The van der Waals surface area contributed by atoms with E-state index in [2.05, 4.69) is 70.9 Å². The molecule has 0 unspecified atom stereocenters. The maximum Gasteiger partial charge on any atom is 0.191 e. The fourth-order valence-electron chi connectivity index (χ4n) is 2.52. The van der Waals surface area contributed by atoms with Gasteiger partial charge in [-0.25, -0.2) is 4.99 Å². The molecular formula is C19H31IN6. The molecule has 0 spiro atoms. The third kappa shape index (κ3) is 7.23. The first-order valence-corrected chi connectivity index (χ1v) is 8.85. The van der Waals surface area contributed by atoms with Crippen molar-refractivity contribution in [3.05, 3.63) is 47.8 Å². The smallest absolute Gasteiger partial charge is 0.191 e. The second-order valence-corrected chi connectivity index (χ2v) is 6.23. The van der Waals surface area contributed by atoms with Crippen LogP contribution in [0.1, 0.15) is 24.6 Å². The quantitative estimate of drug-likeness (QED) is 0.270. The number of hydrogen-bond donors (Lipinski definition) is 2. The van der Waals surface area contributed by atoms with E-state index in [1.54, 1.807) is 6.20 Å². The minimum absolute atomic E-state index is 0. The zero-order valence-electron chi connectivity index (χ0n) is 16.2. The Bertz CT molecular complexity index is 663. The van der Waals surface area contributed by atoms with E-state index in [1.165, 1.54) is 11.3 Å². The van der Waals surface area contributed by atoms with Crippen LogP contribution in [0.2, 0.25) is 0 Å². The predicted molar refractivity (Wildman–Crippen MR) is 121 cm³/mol. The summed E-state index contributed by atoms with van der Waals surface area (Å²) in [7, 11) is 6.06. The summed E-state index contributed by atoms with van der Waals surface area (Å²) in [5, 5.41) is 10.9. The van der Waals surface area contributed by atoms with Crippen LogP contribution in [-0.2, 0) is 20.0 Å². The number of guanidine groups is 1. The standard InChI is InChI=1S/C19H30N6.HI/c1-5-20-19(22-15-18-12-14-23-25(18)4)21-13-6-7-16-8-10-17(11-9-16)24(2)3;/h8-12,14H,5-7,13,15H2,1-4H3,(H2,20,21,22);1H. The third-order valence-corrected chi connectivity index (χ3v) is 4.05. The van der Waals surface area contributed by atoms with E-state index in [0.29, 0.717) is 6.54 Å². The van der Waals surface area contributed by atoms with E-state index < -0.39 is 0 Å². The summed E-state index contributed by atoms with van der Waals surface area (Å²) in [5.41, 5.74) is 3.70. The van der Waals surface area contributed by atoms with Crippen LogP contribution in [-0.4, -0.2) is 42.9 Å². The van der Waals surface area contributed by atoms with Crippen molar-refractivity contribution in [2.45, 2.75) is 26.3 Å². The number of aryl methyl sites for hydroxylation is 2. The van der Waals surface area contributed by atoms with Crippen molar-refractivity contribution >= 4 is 35.6 Å². The lowest BCUT2D eigenvalue weighted by molar-refractivity contribution is 0.703. The Hall–Kier alpha value is -1.77. The summed E-state index contributed by atoms with van der Waals surface area (Å²) in [4.78, 5) is 6.74. The molecule has 0 bridgehead atoms. The highest BCUT2D eigenvalue weighted by molar-refractivity contribution is 14.0. The molecule has 0 radical (unpaired) electrons. The summed E-state index contributed by atoms with van der Waals surface area (Å²) in [6, 6.07) is 10.7. The molecule has 2 N–H and O–H groups in total. The van der Waals surface area contributed by atoms with Crippen LogP contribution in [0.4, 0.5) is 5.69 Å². The van der Waals surface area contributed by atoms with Gasteiger partial charge in [-0.1, -0.05) is 12.1 Å². The molecule has 26 heavy (non-hydrogen) atoms. The molecule has 6 nitrogen and oxygen atoms in total. The van der Waals surface area contributed by atoms with E-state index in [-0.39, 0.29) is 24.0 Å². The molecular weight excluding hydrogens is 439 g/mol. The van der Waals surface area contributed by atoms with Gasteiger partial charge in [0.25, 0.3) is 0 Å². The van der Waals surface area contributed by atoms with Gasteiger partial charge in [0, 0.05) is 46.1 Å². The highest BCUT2D eigenvalue weighted by atomic mass is 127. The fraction of sp³-hybridized carbons (Fsp3) is 0.474. The largest absolute Gasteiger partial charge is 0.378 e. The van der Waals surface area contributed by atoms with Crippen molar-refractivity contribution in [1.82, 2.24) is 20.4 Å². The molecule has 0 atom stereocenters. The number of halogens is 1. The lowest BCUT2D eigenvalue weighted by atomic mass is 10.1. The first-order valence-electron chi connectivity index (χ1n) is 8.85. The Morgan fingerprint density at radius 1 is 1.15 bits per heavy atom. The van der Waals surface area contributed by atoms with Crippen molar-refractivity contribution in [2.75, 3.05) is 32.1 Å². The van der Waals surface area contributed by atoms with Crippen LogP contribution in [0.5, 0.6) is 0 Å². The second kappa shape index (κ2) is 11.8. The summed E-state index contributed by atoms with van der Waals surface area (Å²) in [6.07, 6.45) is 3.92. The van der Waals surface area contributed by atoms with E-state index >= 15 is 0 Å². The van der Waals surface area contributed by atoms with Crippen LogP contribution in [0.25, 0.3) is 0 Å². The molecule has 144 valence electrons. The van der Waals surface area contributed by atoms with Crippen LogP contribution < -0.4 is 15.5 Å². The fourth-order valence-corrected chi connectivity index (χ4v) is 2.52. The maximum absolute atomic E-state index is 4.62. The van der Waals surface area contributed by atoms with Crippen molar-refractivity contribution in [3.63, 3.8) is 0 Å². The van der Waals surface area contributed by atoms with Gasteiger partial charge < -0.3 is 15.5 Å². The number of nitrogens with zero attached hydrogens (tertiary/aromatic N) is 4. The Labute approximate surface area is 174 Å². The molecule has 0 fully saturated rings. The molecule has 0 aliphatic rings. The zero-order chi connectivity index (χ0) is 18.1. The molecule has 0 aliphatic heterocycles. The summed E-state index contributed by atoms with van der Waals surface area (Å²) >= 11 is 0. The number of rotatable bonds is 8. The SMILES string of the molecule is CCNC(=NCc1ccnn1C)NCCCc1ccc(N(C)C)cc1.I. The monoisotopic (exact) mass is 470 g/mol. The highest BCUT2D eigenvalue weighted by Gasteiger charge is 2.01. The van der Waals surface area contributed by atoms with Gasteiger partial charge in [-0.15, -0.1) is 24.0 Å². The highest BCUT2D eigenvalue weighted by Crippen LogP contribution is 2.13. The number of anilines is 1. The average molecular weight is 470 g/mol. The van der Waals surface area contributed by atoms with E-state index in [9.17, 15) is 0 Å². The molecule has 0 aliphatic carbocycles. The van der Waals surface area contributed by atoms with E-state index in [1.807, 2.05) is 17.8 Å². The van der Waals surface area contributed by atoms with Gasteiger partial charge in [-0.05, 0) is 43.5 Å². The second-order valence-electron chi connectivity index (χ2n) is 6.23. The lowest BCUT2D eigenvalue weighted by Crippen LogP contribution is -2.37. The molecule has 2 aromatic rings. The van der Waals surface area contributed by atoms with Crippen LogP contribution in [0.3, 0.4) is 0 Å². The average Bonchev–Trinajstić information content (AvgIpc) is 3.02. The van der Waals surface area contributed by atoms with Gasteiger partial charge in [0.15, 0.2) is 5.96 Å². The van der Waals surface area contributed by atoms with Gasteiger partial charge in [-0.2, -0.15) is 5.10 Å². The van der Waals surface area contributed by atoms with Crippen molar-refractivity contribution < 1.29 is 0 Å². The molecule has 7 heteroatoms. The summed E-state index contributed by atoms with van der Waals surface area (Å²) in [6.45, 7) is 4.45. The topological polar surface area (TPSA) is 57.5 Å². The molecule has 0 saturated heterocycles. The Kier molecular flexibility index (Phi) is 10.1. The molecule has 0 amide bonds. The van der Waals surface area contributed by atoms with Crippen molar-refractivity contribution in [3.8, 4) is 0 Å². The number of aromatic nitrogens is 2. The molecule has 1 aromatic heterocycles. The molecule has 1 aromatic carbocycles. The Balaban J connectivity index is 0.00000338. The zero-order valence-corrected chi connectivity index (χ0v) is 18.5. The first-order chi connectivity index (χ1) is 12.1. The van der Waals surface area contributed by atoms with Crippen LogP contribution in [0, 0.1) is 0 Å². The van der Waals surface area contributed by atoms with E-state index in [0.717, 1.165) is 37.6 Å². The minimum atomic E-state index is 0. The van der Waals surface area contributed by atoms with Gasteiger partial charge in [0.2, 0.25) is 0 Å². The number of nitrogens with one attached hydrogen (secondary N) is 2. The van der Waals surface area contributed by atoms with Crippen molar-refractivity contribution in [1.29, 1.82) is 0 Å². The van der Waals surface area contributed by atoms with Gasteiger partial charge in [0.05, 0.1) is 12.2 Å². The lowest BCUT2D eigenvalue weighted by Gasteiger charge is -2.13. The molecule has 2 rings (SSSR count). The van der Waals surface area contributed by atoms with Gasteiger partial charge in [0.1, 0.15) is 0 Å². The minimum Gasteiger partial charge on any atom is -0.378 e. The predicted octanol–water partition coefficient (Wildman–Crippen LogP) is 2.79. The summed E-state index contributed by atoms with van der Waals surface area (Å²) < 4.78 is 1.85. The van der Waals surface area contributed by atoms with Crippen LogP contribution in [0.15, 0.2) is 41.5 Å².